The van der Waals surface area contributed by atoms with Gasteiger partial charge < -0.3 is 14.9 Å². The number of aliphatic hydroxyl groups excluding tert-OH is 1. The number of phenolic OH excluding ortho intramolecular Hbond substituents is 1. The van der Waals surface area contributed by atoms with Gasteiger partial charge in [-0.05, 0) is 24.3 Å². The summed E-state index contributed by atoms with van der Waals surface area (Å²) in [5.41, 5.74) is 0.583. The molecule has 0 bridgehead atoms. The Balaban J connectivity index is 1.92. The van der Waals surface area contributed by atoms with Crippen LogP contribution >= 0.6 is 0 Å². The first-order valence-corrected chi connectivity index (χ1v) is 5.96. The summed E-state index contributed by atoms with van der Waals surface area (Å²) >= 11 is 0. The van der Waals surface area contributed by atoms with Gasteiger partial charge >= 0.3 is 0 Å². The first kappa shape index (κ1) is 13.0. The quantitative estimate of drug-likeness (QED) is 0.752. The van der Waals surface area contributed by atoms with E-state index in [9.17, 15) is 4.79 Å². The lowest BCUT2D eigenvalue weighted by Crippen LogP contribution is -2.45. The standard InChI is InChI=1S/C13H17NO4/c15-9-12-7-14(5-6-18-12)8-13(17)10-1-3-11(16)4-2-10/h1-4,12,15-16H,5-9H2. The third-order valence-corrected chi connectivity index (χ3v) is 2.98. The van der Waals surface area contributed by atoms with Gasteiger partial charge in [0.15, 0.2) is 5.78 Å². The molecule has 1 aliphatic rings. The third kappa shape index (κ3) is 3.29. The predicted molar refractivity (Wildman–Crippen MR) is 65.7 cm³/mol. The van der Waals surface area contributed by atoms with Gasteiger partial charge in [0.05, 0.1) is 25.9 Å². The van der Waals surface area contributed by atoms with Crippen LogP contribution in [0.25, 0.3) is 0 Å². The second-order valence-corrected chi connectivity index (χ2v) is 4.38. The maximum atomic E-state index is 12.0. The molecule has 0 spiro atoms. The van der Waals surface area contributed by atoms with Gasteiger partial charge in [0.25, 0.3) is 0 Å². The van der Waals surface area contributed by atoms with Gasteiger partial charge in [0.1, 0.15) is 5.75 Å². The smallest absolute Gasteiger partial charge is 0.176 e. The number of hydrogen-bond acceptors (Lipinski definition) is 5. The summed E-state index contributed by atoms with van der Waals surface area (Å²) in [6.07, 6.45) is -0.202. The van der Waals surface area contributed by atoms with Crippen LogP contribution in [0.4, 0.5) is 0 Å². The average molecular weight is 251 g/mol. The van der Waals surface area contributed by atoms with Crippen molar-refractivity contribution in [2.24, 2.45) is 0 Å². The Morgan fingerprint density at radius 2 is 2.11 bits per heavy atom. The molecule has 1 heterocycles. The highest BCUT2D eigenvalue weighted by atomic mass is 16.5. The van der Waals surface area contributed by atoms with E-state index in [1.54, 1.807) is 12.1 Å². The Kier molecular flexibility index (Phi) is 4.30. The molecule has 5 nitrogen and oxygen atoms in total. The second-order valence-electron chi connectivity index (χ2n) is 4.38. The molecule has 0 saturated carbocycles. The molecule has 1 aromatic rings. The lowest BCUT2D eigenvalue weighted by Gasteiger charge is -2.31. The largest absolute Gasteiger partial charge is 0.508 e. The molecule has 1 aromatic carbocycles. The van der Waals surface area contributed by atoms with E-state index in [1.807, 2.05) is 4.90 Å². The molecule has 2 rings (SSSR count). The van der Waals surface area contributed by atoms with E-state index in [-0.39, 0.29) is 24.2 Å². The van der Waals surface area contributed by atoms with Crippen molar-refractivity contribution in [2.75, 3.05) is 32.8 Å². The van der Waals surface area contributed by atoms with Gasteiger partial charge in [-0.3, -0.25) is 9.69 Å². The van der Waals surface area contributed by atoms with Crippen LogP contribution in [-0.2, 0) is 4.74 Å². The van der Waals surface area contributed by atoms with E-state index in [0.29, 0.717) is 31.8 Å². The highest BCUT2D eigenvalue weighted by Gasteiger charge is 2.21. The van der Waals surface area contributed by atoms with E-state index in [1.165, 1.54) is 12.1 Å². The van der Waals surface area contributed by atoms with Crippen LogP contribution in [-0.4, -0.2) is 59.8 Å². The summed E-state index contributed by atoms with van der Waals surface area (Å²) < 4.78 is 5.32. The van der Waals surface area contributed by atoms with Crippen LogP contribution in [0.2, 0.25) is 0 Å². The molecular weight excluding hydrogens is 234 g/mol. The number of benzene rings is 1. The van der Waals surface area contributed by atoms with Crippen molar-refractivity contribution in [1.82, 2.24) is 4.90 Å². The minimum atomic E-state index is -0.202. The first-order valence-electron chi connectivity index (χ1n) is 5.96. The number of aromatic hydroxyl groups is 1. The van der Waals surface area contributed by atoms with Crippen LogP contribution in [0.1, 0.15) is 10.4 Å². The van der Waals surface area contributed by atoms with E-state index < -0.39 is 0 Å². The van der Waals surface area contributed by atoms with Crippen molar-refractivity contribution in [1.29, 1.82) is 0 Å². The molecule has 1 atom stereocenters. The fourth-order valence-electron chi connectivity index (χ4n) is 1.98. The van der Waals surface area contributed by atoms with E-state index >= 15 is 0 Å². The first-order chi connectivity index (χ1) is 8.69. The van der Waals surface area contributed by atoms with Crippen LogP contribution in [0.3, 0.4) is 0 Å². The number of nitrogens with zero attached hydrogens (tertiary/aromatic N) is 1. The fraction of sp³-hybridized carbons (Fsp3) is 0.462. The molecule has 1 saturated heterocycles. The third-order valence-electron chi connectivity index (χ3n) is 2.98. The Hall–Kier alpha value is -1.43. The van der Waals surface area contributed by atoms with Gasteiger partial charge in [-0.25, -0.2) is 0 Å². The lowest BCUT2D eigenvalue weighted by atomic mass is 10.1. The molecule has 5 heteroatoms. The molecule has 98 valence electrons. The Morgan fingerprint density at radius 3 is 2.78 bits per heavy atom. The minimum Gasteiger partial charge on any atom is -0.508 e. The highest BCUT2D eigenvalue weighted by molar-refractivity contribution is 5.97. The summed E-state index contributed by atoms with van der Waals surface area (Å²) in [7, 11) is 0. The van der Waals surface area contributed by atoms with Crippen molar-refractivity contribution >= 4 is 5.78 Å². The Morgan fingerprint density at radius 1 is 1.39 bits per heavy atom. The van der Waals surface area contributed by atoms with Gasteiger partial charge in [0.2, 0.25) is 0 Å². The van der Waals surface area contributed by atoms with Gasteiger partial charge in [0, 0.05) is 18.7 Å². The molecule has 1 fully saturated rings. The number of Topliss-reactive ketones (excluding diaryl/α,β-unsaturated/α-hetero) is 1. The highest BCUT2D eigenvalue weighted by Crippen LogP contribution is 2.12. The molecule has 0 radical (unpaired) electrons. The summed E-state index contributed by atoms with van der Waals surface area (Å²) in [6.45, 7) is 2.09. The molecule has 18 heavy (non-hydrogen) atoms. The van der Waals surface area contributed by atoms with Crippen LogP contribution in [0, 0.1) is 0 Å². The molecule has 2 N–H and O–H groups in total. The number of morpholine rings is 1. The van der Waals surface area contributed by atoms with Crippen molar-refractivity contribution in [3.63, 3.8) is 0 Å². The average Bonchev–Trinajstić information content (AvgIpc) is 2.39. The zero-order valence-electron chi connectivity index (χ0n) is 10.1. The molecule has 0 aromatic heterocycles. The Labute approximate surface area is 106 Å². The van der Waals surface area contributed by atoms with Gasteiger partial charge in [-0.2, -0.15) is 0 Å². The minimum absolute atomic E-state index is 0.00795. The van der Waals surface area contributed by atoms with Gasteiger partial charge in [-0.15, -0.1) is 0 Å². The molecular formula is C13H17NO4. The maximum absolute atomic E-state index is 12.0. The van der Waals surface area contributed by atoms with E-state index in [0.717, 1.165) is 0 Å². The number of hydrogen-bond donors (Lipinski definition) is 2. The van der Waals surface area contributed by atoms with Crippen molar-refractivity contribution in [3.8, 4) is 5.75 Å². The maximum Gasteiger partial charge on any atom is 0.176 e. The van der Waals surface area contributed by atoms with E-state index in [4.69, 9.17) is 14.9 Å². The van der Waals surface area contributed by atoms with Crippen molar-refractivity contribution in [2.45, 2.75) is 6.10 Å². The number of carbonyl (C=O) groups is 1. The summed E-state index contributed by atoms with van der Waals surface area (Å²) in [4.78, 5) is 14.0. The Bertz CT molecular complexity index is 404. The number of ether oxygens (including phenoxy) is 1. The SMILES string of the molecule is O=C(CN1CCOC(CO)C1)c1ccc(O)cc1. The number of aliphatic hydroxyl groups is 1. The summed E-state index contributed by atoms with van der Waals surface area (Å²) in [6, 6.07) is 6.23. The zero-order valence-corrected chi connectivity index (χ0v) is 10.1. The summed E-state index contributed by atoms with van der Waals surface area (Å²) in [5, 5.41) is 18.2. The topological polar surface area (TPSA) is 70.0 Å². The zero-order chi connectivity index (χ0) is 13.0. The lowest BCUT2D eigenvalue weighted by molar-refractivity contribution is -0.0503. The van der Waals surface area contributed by atoms with Crippen LogP contribution in [0.5, 0.6) is 5.75 Å². The van der Waals surface area contributed by atoms with Crippen molar-refractivity contribution in [3.05, 3.63) is 29.8 Å². The summed E-state index contributed by atoms with van der Waals surface area (Å²) in [5.74, 6) is 0.159. The number of phenols is 1. The monoisotopic (exact) mass is 251 g/mol. The second kappa shape index (κ2) is 5.95. The molecule has 0 amide bonds. The van der Waals surface area contributed by atoms with Gasteiger partial charge in [-0.1, -0.05) is 0 Å². The van der Waals surface area contributed by atoms with E-state index in [2.05, 4.69) is 0 Å². The molecule has 1 unspecified atom stereocenters. The number of carbonyl (C=O) groups excluding carboxylic acids is 1. The predicted octanol–water partition coefficient (Wildman–Crippen LogP) is 0.268. The van der Waals surface area contributed by atoms with Crippen LogP contribution in [0.15, 0.2) is 24.3 Å². The number of ketones is 1. The fourth-order valence-corrected chi connectivity index (χ4v) is 1.98. The normalized spacial score (nSPS) is 20.8. The molecule has 1 aliphatic heterocycles. The number of rotatable bonds is 4. The van der Waals surface area contributed by atoms with Crippen molar-refractivity contribution < 1.29 is 19.7 Å². The van der Waals surface area contributed by atoms with Crippen LogP contribution < -0.4 is 0 Å². The molecule has 0 aliphatic carbocycles.